The average Bonchev–Trinajstić information content (AvgIpc) is 2.63. The molecule has 8 heteroatoms. The molecule has 2 amide bonds. The summed E-state index contributed by atoms with van der Waals surface area (Å²) in [4.78, 5) is 23.6. The molecule has 0 radical (unpaired) electrons. The smallest absolute Gasteiger partial charge is 0.234 e. The molecule has 2 N–H and O–H groups in total. The summed E-state index contributed by atoms with van der Waals surface area (Å²) in [6.07, 6.45) is 0. The Hall–Kier alpha value is -1.51. The lowest BCUT2D eigenvalue weighted by Crippen LogP contribution is -2.28. The molecular weight excluding hydrogens is 451 g/mol. The number of carbonyl (C=O) groups excluding carboxylic acids is 2. The first-order chi connectivity index (χ1) is 13.0. The summed E-state index contributed by atoms with van der Waals surface area (Å²) in [5.74, 6) is 1.26. The lowest BCUT2D eigenvalue weighted by molar-refractivity contribution is -0.118. The molecule has 27 heavy (non-hydrogen) atoms. The Morgan fingerprint density at radius 2 is 1.78 bits per heavy atom. The van der Waals surface area contributed by atoms with Gasteiger partial charge in [0, 0.05) is 28.2 Å². The summed E-state index contributed by atoms with van der Waals surface area (Å²) in [7, 11) is 0. The van der Waals surface area contributed by atoms with Gasteiger partial charge in [-0.2, -0.15) is 11.8 Å². The van der Waals surface area contributed by atoms with Gasteiger partial charge in [-0.15, -0.1) is 11.8 Å². The van der Waals surface area contributed by atoms with Gasteiger partial charge < -0.3 is 10.6 Å². The second kappa shape index (κ2) is 12.0. The minimum atomic E-state index is -0.202. The first-order valence-corrected chi connectivity index (χ1v) is 11.4. The molecule has 0 aliphatic carbocycles. The molecule has 2 aromatic rings. The maximum Gasteiger partial charge on any atom is 0.234 e. The second-order valence-electron chi connectivity index (χ2n) is 5.55. The van der Waals surface area contributed by atoms with Gasteiger partial charge in [-0.3, -0.25) is 9.59 Å². The third-order valence-electron chi connectivity index (χ3n) is 3.36. The summed E-state index contributed by atoms with van der Waals surface area (Å²) in [6.45, 7) is 0.517. The zero-order valence-corrected chi connectivity index (χ0v) is 17.8. The van der Waals surface area contributed by atoms with Crippen molar-refractivity contribution in [3.8, 4) is 0 Å². The average molecular weight is 471 g/mol. The minimum absolute atomic E-state index is 0.109. The molecule has 0 aromatic heterocycles. The van der Waals surface area contributed by atoms with E-state index in [4.69, 9.17) is 0 Å². The topological polar surface area (TPSA) is 58.2 Å². The third-order valence-corrected chi connectivity index (χ3v) is 5.79. The number of benzene rings is 2. The first-order valence-electron chi connectivity index (χ1n) is 8.25. The van der Waals surface area contributed by atoms with E-state index in [2.05, 4.69) is 26.6 Å². The number of carbonyl (C=O) groups is 2. The van der Waals surface area contributed by atoms with E-state index in [-0.39, 0.29) is 29.1 Å². The molecule has 0 heterocycles. The van der Waals surface area contributed by atoms with E-state index < -0.39 is 0 Å². The molecule has 2 aromatic carbocycles. The van der Waals surface area contributed by atoms with Crippen LogP contribution in [0.15, 0.2) is 53.0 Å². The lowest BCUT2D eigenvalue weighted by atomic mass is 10.2. The number of halogens is 2. The van der Waals surface area contributed by atoms with Gasteiger partial charge in [0.15, 0.2) is 0 Å². The van der Waals surface area contributed by atoms with E-state index in [1.165, 1.54) is 17.8 Å². The highest BCUT2D eigenvalue weighted by Gasteiger charge is 2.06. The summed E-state index contributed by atoms with van der Waals surface area (Å²) in [6, 6.07) is 14.0. The maximum atomic E-state index is 13.5. The summed E-state index contributed by atoms with van der Waals surface area (Å²) in [5, 5.41) is 5.58. The molecule has 0 atom stereocenters. The van der Waals surface area contributed by atoms with Crippen LogP contribution < -0.4 is 10.6 Å². The van der Waals surface area contributed by atoms with Crippen molar-refractivity contribution in [3.63, 3.8) is 0 Å². The Balaban J connectivity index is 1.53. The van der Waals surface area contributed by atoms with E-state index >= 15 is 0 Å². The molecule has 2 rings (SSSR count). The Bertz CT molecular complexity index is 777. The summed E-state index contributed by atoms with van der Waals surface area (Å²) >= 11 is 6.17. The second-order valence-corrected chi connectivity index (χ2v) is 8.55. The van der Waals surface area contributed by atoms with Crippen LogP contribution >= 0.6 is 39.5 Å². The SMILES string of the molecule is O=C(CSCC(=O)Nc1cccc(Br)c1)NCCSCc1ccccc1F. The standard InChI is InChI=1S/C19H20BrFN2O2S2/c20-15-5-3-6-16(10-15)23-19(25)13-27-12-18(24)22-8-9-26-11-14-4-1-2-7-17(14)21/h1-7,10H,8-9,11-13H2,(H,22,24)(H,23,25). The van der Waals surface area contributed by atoms with E-state index in [1.807, 2.05) is 24.3 Å². The highest BCUT2D eigenvalue weighted by atomic mass is 79.9. The Labute approximate surface area is 175 Å². The number of hydrogen-bond acceptors (Lipinski definition) is 4. The molecule has 0 aliphatic rings. The van der Waals surface area contributed by atoms with Crippen LogP contribution in [0.2, 0.25) is 0 Å². The van der Waals surface area contributed by atoms with Crippen molar-refractivity contribution in [2.75, 3.05) is 29.1 Å². The molecular formula is C19H20BrFN2O2S2. The van der Waals surface area contributed by atoms with E-state index in [9.17, 15) is 14.0 Å². The predicted molar refractivity (Wildman–Crippen MR) is 116 cm³/mol. The quantitative estimate of drug-likeness (QED) is 0.507. The number of thioether (sulfide) groups is 2. The van der Waals surface area contributed by atoms with Crippen molar-refractivity contribution < 1.29 is 14.0 Å². The fourth-order valence-corrected chi connectivity index (χ4v) is 4.00. The first kappa shape index (κ1) is 21.8. The molecule has 0 unspecified atom stereocenters. The number of rotatable bonds is 10. The highest BCUT2D eigenvalue weighted by Crippen LogP contribution is 2.16. The van der Waals surface area contributed by atoms with Crippen LogP contribution in [0.25, 0.3) is 0 Å². The Kier molecular flexibility index (Phi) is 9.72. The van der Waals surface area contributed by atoms with Crippen LogP contribution in [-0.2, 0) is 15.3 Å². The number of amides is 2. The van der Waals surface area contributed by atoms with Gasteiger partial charge >= 0.3 is 0 Å². The summed E-state index contributed by atoms with van der Waals surface area (Å²) < 4.78 is 14.4. The van der Waals surface area contributed by atoms with Gasteiger partial charge in [-0.05, 0) is 29.8 Å². The number of anilines is 1. The van der Waals surface area contributed by atoms with Crippen molar-refractivity contribution in [1.29, 1.82) is 0 Å². The van der Waals surface area contributed by atoms with Crippen molar-refractivity contribution in [2.24, 2.45) is 0 Å². The van der Waals surface area contributed by atoms with Crippen LogP contribution in [0.1, 0.15) is 5.56 Å². The van der Waals surface area contributed by atoms with Crippen LogP contribution in [0.3, 0.4) is 0 Å². The minimum Gasteiger partial charge on any atom is -0.355 e. The zero-order chi connectivity index (χ0) is 19.5. The van der Waals surface area contributed by atoms with Crippen molar-refractivity contribution >= 4 is 57.0 Å². The highest BCUT2D eigenvalue weighted by molar-refractivity contribution is 9.10. The monoisotopic (exact) mass is 470 g/mol. The predicted octanol–water partition coefficient (Wildman–Crippen LogP) is 4.31. The molecule has 0 fully saturated rings. The van der Waals surface area contributed by atoms with Gasteiger partial charge in [-0.1, -0.05) is 40.2 Å². The van der Waals surface area contributed by atoms with Gasteiger partial charge in [-0.25, -0.2) is 4.39 Å². The molecule has 0 bridgehead atoms. The third kappa shape index (κ3) is 8.81. The van der Waals surface area contributed by atoms with Gasteiger partial charge in [0.05, 0.1) is 11.5 Å². The van der Waals surface area contributed by atoms with Crippen LogP contribution in [0.5, 0.6) is 0 Å². The van der Waals surface area contributed by atoms with Crippen molar-refractivity contribution in [2.45, 2.75) is 5.75 Å². The molecule has 4 nitrogen and oxygen atoms in total. The zero-order valence-electron chi connectivity index (χ0n) is 14.5. The molecule has 144 valence electrons. The normalized spacial score (nSPS) is 10.4. The number of nitrogens with one attached hydrogen (secondary N) is 2. The number of hydrogen-bond donors (Lipinski definition) is 2. The largest absolute Gasteiger partial charge is 0.355 e. The molecule has 0 aliphatic heterocycles. The van der Waals surface area contributed by atoms with E-state index in [1.54, 1.807) is 30.0 Å². The van der Waals surface area contributed by atoms with Gasteiger partial charge in [0.25, 0.3) is 0 Å². The summed E-state index contributed by atoms with van der Waals surface area (Å²) in [5.41, 5.74) is 1.38. The van der Waals surface area contributed by atoms with Crippen LogP contribution in [0, 0.1) is 5.82 Å². The Morgan fingerprint density at radius 3 is 2.56 bits per heavy atom. The Morgan fingerprint density at radius 1 is 1.00 bits per heavy atom. The molecule has 0 saturated carbocycles. The van der Waals surface area contributed by atoms with Crippen LogP contribution in [-0.4, -0.2) is 35.6 Å². The lowest BCUT2D eigenvalue weighted by Gasteiger charge is -2.07. The molecule has 0 saturated heterocycles. The van der Waals surface area contributed by atoms with Gasteiger partial charge in [0.1, 0.15) is 5.82 Å². The van der Waals surface area contributed by atoms with Crippen LogP contribution in [0.4, 0.5) is 10.1 Å². The van der Waals surface area contributed by atoms with E-state index in [0.717, 1.165) is 4.47 Å². The van der Waals surface area contributed by atoms with E-state index in [0.29, 0.717) is 29.3 Å². The van der Waals surface area contributed by atoms with Crippen molar-refractivity contribution in [1.82, 2.24) is 5.32 Å². The fraction of sp³-hybridized carbons (Fsp3) is 0.263. The molecule has 0 spiro atoms. The van der Waals surface area contributed by atoms with Crippen molar-refractivity contribution in [3.05, 3.63) is 64.4 Å². The van der Waals surface area contributed by atoms with Gasteiger partial charge in [0.2, 0.25) is 11.8 Å². The maximum absolute atomic E-state index is 13.5. The fourth-order valence-electron chi connectivity index (χ4n) is 2.11.